The van der Waals surface area contributed by atoms with Gasteiger partial charge in [-0.2, -0.15) is 0 Å². The molecule has 0 heterocycles. The Labute approximate surface area is 89.8 Å². The van der Waals surface area contributed by atoms with Crippen LogP contribution in [0.1, 0.15) is 0 Å². The summed E-state index contributed by atoms with van der Waals surface area (Å²) >= 11 is 0.00694. The molecule has 0 unspecified atom stereocenters. The Morgan fingerprint density at radius 1 is 1.08 bits per heavy atom. The number of hydrogen-bond acceptors (Lipinski definition) is 2. The molecule has 0 aromatic carbocycles. The second kappa shape index (κ2) is 17.9. The minimum atomic E-state index is -1.08. The van der Waals surface area contributed by atoms with Crippen molar-refractivity contribution in [1.82, 2.24) is 0 Å². The Morgan fingerprint density at radius 3 is 1.15 bits per heavy atom. The van der Waals surface area contributed by atoms with Crippen molar-refractivity contribution in [2.45, 2.75) is 0 Å². The van der Waals surface area contributed by atoms with Crippen LogP contribution in [-0.2, 0) is 22.7 Å². The number of carboxylic acid groups (broad SMARTS) is 2. The maximum Gasteiger partial charge on any atom is 0.282 e. The van der Waals surface area contributed by atoms with Crippen LogP contribution in [-0.4, -0.2) is 35.2 Å². The van der Waals surface area contributed by atoms with Crippen LogP contribution < -0.4 is 0 Å². The predicted octanol–water partition coefficient (Wildman–Crippen LogP) is 1.62. The van der Waals surface area contributed by atoms with Crippen LogP contribution in [0.4, 0.5) is 0 Å². The molecule has 0 atom stereocenters. The van der Waals surface area contributed by atoms with Crippen molar-refractivity contribution in [3.63, 3.8) is 0 Å². The molecule has 0 rings (SSSR count). The van der Waals surface area contributed by atoms with Gasteiger partial charge in [-0.05, 0) is 0 Å². The molecule has 4 N–H and O–H groups in total. The molecule has 0 fully saturated rings. The Hall–Kier alpha value is -0.0405. The zero-order valence-electron chi connectivity index (χ0n) is 6.26. The number of halogens is 2. The summed E-state index contributed by atoms with van der Waals surface area (Å²) in [6.45, 7) is -1.06. The summed E-state index contributed by atoms with van der Waals surface area (Å²) in [6.07, 6.45) is 0. The van der Waals surface area contributed by atoms with Crippen molar-refractivity contribution >= 4 is 32.1 Å². The molecular weight excluding hydrogens is 266 g/mol. The number of rotatable bonds is 2. The third kappa shape index (κ3) is 75.7. The number of aliphatic carboxylic acids is 2. The van der Waals surface area contributed by atoms with E-state index in [-0.39, 0.29) is 13.1 Å². The van der Waals surface area contributed by atoms with Gasteiger partial charge in [0.05, 0.1) is 0 Å². The SMILES string of the molecule is [Cl][Mn][Cl].[NH-]CC(=O)O.[NH-]CC(=O)O. The van der Waals surface area contributed by atoms with E-state index in [4.69, 9.17) is 41.9 Å². The van der Waals surface area contributed by atoms with Crippen molar-refractivity contribution in [2.75, 3.05) is 13.1 Å². The van der Waals surface area contributed by atoms with E-state index in [9.17, 15) is 9.59 Å². The zero-order valence-corrected chi connectivity index (χ0v) is 8.95. The summed E-state index contributed by atoms with van der Waals surface area (Å²) in [4.78, 5) is 18.4. The fraction of sp³-hybridized carbons (Fsp3) is 0.500. The van der Waals surface area contributed by atoms with Crippen molar-refractivity contribution in [1.29, 1.82) is 0 Å². The van der Waals surface area contributed by atoms with Gasteiger partial charge in [0.2, 0.25) is 0 Å². The van der Waals surface area contributed by atoms with Crippen LogP contribution in [0.15, 0.2) is 0 Å². The van der Waals surface area contributed by atoms with Crippen LogP contribution in [0.3, 0.4) is 0 Å². The topological polar surface area (TPSA) is 122 Å². The van der Waals surface area contributed by atoms with E-state index in [0.29, 0.717) is 0 Å². The summed E-state index contributed by atoms with van der Waals surface area (Å²) in [5.74, 6) is -2.16. The predicted molar refractivity (Wildman–Crippen MR) is 45.4 cm³/mol. The number of carboxylic acids is 2. The standard InChI is InChI=1S/2C2H4NO2.2ClH.Mn/c2*3-1-2(4)5;;;/h2*3H,1H2,(H,4,5);2*1H;/q2*-1;;;+2/p-2. The zero-order chi connectivity index (χ0) is 11.3. The van der Waals surface area contributed by atoms with Crippen LogP contribution in [0.5, 0.6) is 0 Å². The van der Waals surface area contributed by atoms with Gasteiger partial charge in [0.25, 0.3) is 11.9 Å². The van der Waals surface area contributed by atoms with Gasteiger partial charge in [-0.1, -0.05) is 13.1 Å². The number of hydrogen-bond donors (Lipinski definition) is 2. The normalized spacial score (nSPS) is 7.08. The molecule has 0 aromatic heterocycles. The van der Waals surface area contributed by atoms with Gasteiger partial charge in [-0.15, -0.1) is 0 Å². The van der Waals surface area contributed by atoms with Crippen molar-refractivity contribution in [3.8, 4) is 0 Å². The molecule has 0 aliphatic heterocycles. The first kappa shape index (κ1) is 18.7. The average molecular weight is 274 g/mol. The molecule has 13 heavy (non-hydrogen) atoms. The molecule has 0 aliphatic carbocycles. The first-order valence-corrected chi connectivity index (χ1v) is 5.80. The Bertz CT molecular complexity index is 123. The molecule has 0 bridgehead atoms. The molecule has 0 saturated carbocycles. The van der Waals surface area contributed by atoms with Crippen molar-refractivity contribution < 1.29 is 32.9 Å². The molecular formula is C4H8Cl2MnN2O4-2. The summed E-state index contributed by atoms with van der Waals surface area (Å²) in [7, 11) is 9.59. The van der Waals surface area contributed by atoms with Gasteiger partial charge >= 0.3 is 33.3 Å². The molecule has 9 heteroatoms. The Kier molecular flexibility index (Phi) is 25.7. The summed E-state index contributed by atoms with van der Waals surface area (Å²) in [6, 6.07) is 0. The molecule has 0 aliphatic rings. The second-order valence-electron chi connectivity index (χ2n) is 1.20. The molecule has 0 spiro atoms. The first-order chi connectivity index (χ1) is 5.95. The fourth-order valence-electron chi connectivity index (χ4n) is 0. The minimum absolute atomic E-state index is 0.00694. The second-order valence-corrected chi connectivity index (χ2v) is 3.14. The van der Waals surface area contributed by atoms with Crippen LogP contribution in [0.25, 0.3) is 11.5 Å². The van der Waals surface area contributed by atoms with Crippen molar-refractivity contribution in [2.24, 2.45) is 0 Å². The van der Waals surface area contributed by atoms with Gasteiger partial charge in [-0.25, -0.2) is 0 Å². The largest absolute Gasteiger partial charge is 0.668 e. The molecule has 0 amide bonds. The average Bonchev–Trinajstić information content (AvgIpc) is 2.07. The van der Waals surface area contributed by atoms with E-state index in [2.05, 4.69) is 0 Å². The summed E-state index contributed by atoms with van der Waals surface area (Å²) in [5.41, 5.74) is 12.1. The van der Waals surface area contributed by atoms with E-state index in [0.717, 1.165) is 0 Å². The van der Waals surface area contributed by atoms with Crippen LogP contribution in [0.2, 0.25) is 0 Å². The third-order valence-electron chi connectivity index (χ3n) is 0.302. The first-order valence-electron chi connectivity index (χ1n) is 2.56. The Balaban J connectivity index is -0.000000120. The third-order valence-corrected chi connectivity index (χ3v) is 0.302. The van der Waals surface area contributed by atoms with E-state index >= 15 is 0 Å². The Morgan fingerprint density at radius 2 is 1.15 bits per heavy atom. The molecule has 0 aromatic rings. The maximum atomic E-state index is 9.18. The van der Waals surface area contributed by atoms with E-state index < -0.39 is 25.0 Å². The number of nitrogens with one attached hydrogen (secondary N) is 2. The maximum absolute atomic E-state index is 9.18. The fourth-order valence-corrected chi connectivity index (χ4v) is 0. The van der Waals surface area contributed by atoms with Gasteiger partial charge in [0, 0.05) is 0 Å². The summed E-state index contributed by atoms with van der Waals surface area (Å²) in [5, 5.41) is 15.1. The smallest absolute Gasteiger partial charge is 0.282 e. The molecule has 0 radical (unpaired) electrons. The van der Waals surface area contributed by atoms with Gasteiger partial charge < -0.3 is 21.7 Å². The van der Waals surface area contributed by atoms with E-state index in [1.54, 1.807) is 0 Å². The van der Waals surface area contributed by atoms with Crippen LogP contribution >= 0.6 is 20.2 Å². The van der Waals surface area contributed by atoms with Crippen LogP contribution in [0, 0.1) is 0 Å². The minimum Gasteiger partial charge on any atom is -0.668 e. The molecule has 81 valence electrons. The quantitative estimate of drug-likeness (QED) is 0.742. The van der Waals surface area contributed by atoms with Gasteiger partial charge in [-0.3, -0.25) is 9.59 Å². The monoisotopic (exact) mass is 273 g/mol. The molecule has 0 saturated heterocycles. The molecule has 6 nitrogen and oxygen atoms in total. The van der Waals surface area contributed by atoms with E-state index in [1.165, 1.54) is 0 Å². The summed E-state index contributed by atoms with van der Waals surface area (Å²) < 4.78 is 0. The van der Waals surface area contributed by atoms with E-state index in [1.807, 2.05) is 0 Å². The van der Waals surface area contributed by atoms with Crippen molar-refractivity contribution in [3.05, 3.63) is 11.5 Å². The van der Waals surface area contributed by atoms with Gasteiger partial charge in [0.15, 0.2) is 0 Å². The van der Waals surface area contributed by atoms with Gasteiger partial charge in [0.1, 0.15) is 0 Å². The number of carbonyl (C=O) groups is 2.